The smallest absolute Gasteiger partial charge is 0.0468 e. The van der Waals surface area contributed by atoms with Gasteiger partial charge in [-0.25, -0.2) is 0 Å². The minimum atomic E-state index is 1.13. The molecule has 0 bridgehead atoms. The number of benzene rings is 7. The van der Waals surface area contributed by atoms with E-state index in [1.54, 1.807) is 0 Å². The Bertz CT molecular complexity index is 2180. The van der Waals surface area contributed by atoms with Gasteiger partial charge in [0.2, 0.25) is 0 Å². The Morgan fingerprint density at radius 1 is 0.333 bits per heavy atom. The minimum Gasteiger partial charge on any atom is -0.310 e. The van der Waals surface area contributed by atoms with E-state index in [4.69, 9.17) is 0 Å². The maximum atomic E-state index is 2.37. The molecule has 7 aromatic carbocycles. The van der Waals surface area contributed by atoms with E-state index in [2.05, 4.69) is 169 Å². The van der Waals surface area contributed by atoms with Crippen molar-refractivity contribution >= 4 is 59.3 Å². The van der Waals surface area contributed by atoms with Gasteiger partial charge in [0.05, 0.1) is 0 Å². The zero-order valence-corrected chi connectivity index (χ0v) is 23.8. The van der Waals surface area contributed by atoms with Crippen molar-refractivity contribution in [3.63, 3.8) is 0 Å². The Labute approximate surface area is 249 Å². The molecule has 1 nitrogen and oxygen atoms in total. The van der Waals surface area contributed by atoms with Gasteiger partial charge < -0.3 is 4.90 Å². The summed E-state index contributed by atoms with van der Waals surface area (Å²) in [6, 6.07) is 59.2. The molecular weight excluding hydrogens is 527 g/mol. The van der Waals surface area contributed by atoms with Crippen molar-refractivity contribution in [1.82, 2.24) is 0 Å². The normalized spacial score (nSPS) is 11.3. The second kappa shape index (κ2) is 10.3. The molecule has 42 heavy (non-hydrogen) atoms. The molecular formula is C40H27NS. The van der Waals surface area contributed by atoms with E-state index in [1.807, 2.05) is 11.3 Å². The molecule has 8 rings (SSSR count). The predicted octanol–water partition coefficient (Wildman–Crippen LogP) is 12.0. The number of hydrogen-bond donors (Lipinski definition) is 0. The van der Waals surface area contributed by atoms with Crippen molar-refractivity contribution in [3.05, 3.63) is 164 Å². The van der Waals surface area contributed by atoms with Crippen LogP contribution in [0.4, 0.5) is 17.1 Å². The van der Waals surface area contributed by atoms with Crippen LogP contribution in [0.25, 0.3) is 53.2 Å². The molecule has 2 heteroatoms. The van der Waals surface area contributed by atoms with Crippen LogP contribution < -0.4 is 4.90 Å². The van der Waals surface area contributed by atoms with Crippen LogP contribution in [0.15, 0.2) is 164 Å². The van der Waals surface area contributed by atoms with Crippen molar-refractivity contribution in [1.29, 1.82) is 0 Å². The Kier molecular flexibility index (Phi) is 6.05. The molecule has 0 spiro atoms. The summed E-state index contributed by atoms with van der Waals surface area (Å²) in [4.78, 5) is 2.37. The zero-order chi connectivity index (χ0) is 27.9. The Hall–Kier alpha value is -5.18. The number of hydrogen-bond acceptors (Lipinski definition) is 2. The van der Waals surface area contributed by atoms with Crippen LogP contribution in [-0.2, 0) is 0 Å². The van der Waals surface area contributed by atoms with Crippen LogP contribution in [0.5, 0.6) is 0 Å². The molecule has 0 unspecified atom stereocenters. The van der Waals surface area contributed by atoms with Crippen LogP contribution in [-0.4, -0.2) is 0 Å². The predicted molar refractivity (Wildman–Crippen MR) is 182 cm³/mol. The third-order valence-electron chi connectivity index (χ3n) is 8.02. The molecule has 0 aliphatic heterocycles. The Balaban J connectivity index is 1.29. The number of rotatable bonds is 5. The van der Waals surface area contributed by atoms with Gasteiger partial charge >= 0.3 is 0 Å². The molecule has 0 aliphatic carbocycles. The molecule has 0 saturated carbocycles. The number of thiophene rings is 1. The average Bonchev–Trinajstić information content (AvgIpc) is 3.42. The van der Waals surface area contributed by atoms with Crippen LogP contribution in [0.2, 0.25) is 0 Å². The molecule has 0 radical (unpaired) electrons. The lowest BCUT2D eigenvalue weighted by Crippen LogP contribution is -2.10. The highest BCUT2D eigenvalue weighted by molar-refractivity contribution is 7.25. The molecule has 198 valence electrons. The first-order valence-corrected chi connectivity index (χ1v) is 15.1. The number of nitrogens with zero attached hydrogens (tertiary/aromatic N) is 1. The molecule has 0 fully saturated rings. The van der Waals surface area contributed by atoms with Gasteiger partial charge in [-0.1, -0.05) is 109 Å². The third kappa shape index (κ3) is 4.43. The lowest BCUT2D eigenvalue weighted by Gasteiger charge is -2.26. The van der Waals surface area contributed by atoms with Crippen molar-refractivity contribution < 1.29 is 0 Å². The maximum Gasteiger partial charge on any atom is 0.0468 e. The fraction of sp³-hybridized carbons (Fsp3) is 0. The second-order valence-electron chi connectivity index (χ2n) is 10.6. The third-order valence-corrected chi connectivity index (χ3v) is 9.16. The highest BCUT2D eigenvalue weighted by atomic mass is 32.1. The van der Waals surface area contributed by atoms with Crippen molar-refractivity contribution in [3.8, 4) is 22.3 Å². The van der Waals surface area contributed by atoms with Gasteiger partial charge in [-0.15, -0.1) is 11.3 Å². The standard InChI is InChI=1S/C40H27NS/c1-3-10-28(11-4-1)30-18-21-34(22-19-30)41(35-15-9-14-31(24-35)29-12-5-2-6-13-29)36-23-20-32-27-40-38(26-33(32)25-36)37-16-7-8-17-39(37)42-40/h1-27H. The highest BCUT2D eigenvalue weighted by Crippen LogP contribution is 2.41. The van der Waals surface area contributed by atoms with E-state index in [9.17, 15) is 0 Å². The Morgan fingerprint density at radius 3 is 1.74 bits per heavy atom. The summed E-state index contributed by atoms with van der Waals surface area (Å²) < 4.78 is 2.67. The van der Waals surface area contributed by atoms with E-state index in [-0.39, 0.29) is 0 Å². The molecule has 0 aliphatic rings. The number of fused-ring (bicyclic) bond motifs is 4. The largest absolute Gasteiger partial charge is 0.310 e. The van der Waals surface area contributed by atoms with E-state index in [1.165, 1.54) is 53.2 Å². The topological polar surface area (TPSA) is 3.24 Å². The lowest BCUT2D eigenvalue weighted by molar-refractivity contribution is 1.29. The summed E-state index contributed by atoms with van der Waals surface area (Å²) in [6.07, 6.45) is 0. The summed E-state index contributed by atoms with van der Waals surface area (Å²) >= 11 is 1.87. The summed E-state index contributed by atoms with van der Waals surface area (Å²) in [5, 5.41) is 5.16. The fourth-order valence-electron chi connectivity index (χ4n) is 5.93. The fourth-order valence-corrected chi connectivity index (χ4v) is 7.07. The first-order valence-electron chi connectivity index (χ1n) is 14.3. The monoisotopic (exact) mass is 553 g/mol. The molecule has 1 heterocycles. The minimum absolute atomic E-state index is 1.13. The van der Waals surface area contributed by atoms with E-state index in [0.29, 0.717) is 0 Å². The van der Waals surface area contributed by atoms with Crippen LogP contribution >= 0.6 is 11.3 Å². The van der Waals surface area contributed by atoms with Crippen molar-refractivity contribution in [2.75, 3.05) is 4.90 Å². The van der Waals surface area contributed by atoms with Gasteiger partial charge in [-0.2, -0.15) is 0 Å². The Morgan fingerprint density at radius 2 is 0.952 bits per heavy atom. The van der Waals surface area contributed by atoms with Crippen molar-refractivity contribution in [2.24, 2.45) is 0 Å². The molecule has 8 aromatic rings. The van der Waals surface area contributed by atoms with E-state index >= 15 is 0 Å². The zero-order valence-electron chi connectivity index (χ0n) is 22.9. The van der Waals surface area contributed by atoms with E-state index < -0.39 is 0 Å². The quantitative estimate of drug-likeness (QED) is 0.205. The molecule has 0 amide bonds. The number of anilines is 3. The highest BCUT2D eigenvalue weighted by Gasteiger charge is 2.15. The van der Waals surface area contributed by atoms with Gasteiger partial charge in [0.25, 0.3) is 0 Å². The molecule has 0 N–H and O–H groups in total. The van der Waals surface area contributed by atoms with Gasteiger partial charge in [0.1, 0.15) is 0 Å². The summed E-state index contributed by atoms with van der Waals surface area (Å²) in [5.41, 5.74) is 8.24. The SMILES string of the molecule is c1ccc(-c2ccc(N(c3cccc(-c4ccccc4)c3)c3ccc4cc5sc6ccccc6c5cc4c3)cc2)cc1. The van der Waals surface area contributed by atoms with E-state index in [0.717, 1.165) is 17.1 Å². The molecule has 1 aromatic heterocycles. The van der Waals surface area contributed by atoms with Crippen LogP contribution in [0, 0.1) is 0 Å². The van der Waals surface area contributed by atoms with Gasteiger partial charge in [0, 0.05) is 37.2 Å². The van der Waals surface area contributed by atoms with Gasteiger partial charge in [-0.3, -0.25) is 0 Å². The van der Waals surface area contributed by atoms with Crippen molar-refractivity contribution in [2.45, 2.75) is 0 Å². The average molecular weight is 554 g/mol. The first-order chi connectivity index (χ1) is 20.8. The first kappa shape index (κ1) is 24.6. The summed E-state index contributed by atoms with van der Waals surface area (Å²) in [7, 11) is 0. The van der Waals surface area contributed by atoms with Gasteiger partial charge in [0.15, 0.2) is 0 Å². The second-order valence-corrected chi connectivity index (χ2v) is 11.7. The van der Waals surface area contributed by atoms with Crippen LogP contribution in [0.1, 0.15) is 0 Å². The molecule has 0 atom stereocenters. The summed E-state index contributed by atoms with van der Waals surface area (Å²) in [5.74, 6) is 0. The maximum absolute atomic E-state index is 2.37. The summed E-state index contributed by atoms with van der Waals surface area (Å²) in [6.45, 7) is 0. The lowest BCUT2D eigenvalue weighted by atomic mass is 10.0. The van der Waals surface area contributed by atoms with Crippen LogP contribution in [0.3, 0.4) is 0 Å². The van der Waals surface area contributed by atoms with Gasteiger partial charge in [-0.05, 0) is 87.6 Å². The molecule has 0 saturated heterocycles.